The van der Waals surface area contributed by atoms with Gasteiger partial charge in [0.15, 0.2) is 0 Å². The standard InChI is InChI=1S/C18H28O2/c1-4-20-18(12-6-5-7-13-18)17(19)16-10-8-15(9-11-16)14(2)3/h8-11,14,17,19H,4-7,12-13H2,1-3H3. The highest BCUT2D eigenvalue weighted by Crippen LogP contribution is 2.41. The van der Waals surface area contributed by atoms with Gasteiger partial charge in [0.05, 0.1) is 5.60 Å². The lowest BCUT2D eigenvalue weighted by molar-refractivity contribution is -0.141. The molecule has 0 radical (unpaired) electrons. The third-order valence-electron chi connectivity index (χ3n) is 4.55. The van der Waals surface area contributed by atoms with Gasteiger partial charge in [0.1, 0.15) is 6.10 Å². The first-order valence-electron chi connectivity index (χ1n) is 8.01. The Hall–Kier alpha value is -0.860. The van der Waals surface area contributed by atoms with Gasteiger partial charge in [0, 0.05) is 6.61 Å². The summed E-state index contributed by atoms with van der Waals surface area (Å²) in [6.07, 6.45) is 4.99. The minimum absolute atomic E-state index is 0.369. The van der Waals surface area contributed by atoms with E-state index in [4.69, 9.17) is 4.74 Å². The normalized spacial score (nSPS) is 20.1. The lowest BCUT2D eigenvalue weighted by Crippen LogP contribution is -2.41. The van der Waals surface area contributed by atoms with Gasteiger partial charge in [0.2, 0.25) is 0 Å². The van der Waals surface area contributed by atoms with Crippen LogP contribution in [-0.2, 0) is 4.74 Å². The Morgan fingerprint density at radius 1 is 1.05 bits per heavy atom. The molecule has 0 bridgehead atoms. The fraction of sp³-hybridized carbons (Fsp3) is 0.667. The molecule has 2 nitrogen and oxygen atoms in total. The quantitative estimate of drug-likeness (QED) is 0.852. The predicted molar refractivity (Wildman–Crippen MR) is 82.9 cm³/mol. The van der Waals surface area contributed by atoms with Crippen molar-refractivity contribution in [1.82, 2.24) is 0 Å². The van der Waals surface area contributed by atoms with E-state index in [9.17, 15) is 5.11 Å². The average Bonchev–Trinajstić information content (AvgIpc) is 2.48. The Balaban J connectivity index is 2.20. The third kappa shape index (κ3) is 3.24. The second-order valence-corrected chi connectivity index (χ2v) is 6.28. The summed E-state index contributed by atoms with van der Waals surface area (Å²) in [5.41, 5.74) is 1.94. The zero-order chi connectivity index (χ0) is 14.6. The Morgan fingerprint density at radius 2 is 1.60 bits per heavy atom. The number of rotatable bonds is 5. The number of aliphatic hydroxyl groups is 1. The van der Waals surface area contributed by atoms with Gasteiger partial charge in [-0.15, -0.1) is 0 Å². The summed E-state index contributed by atoms with van der Waals surface area (Å²) in [5, 5.41) is 10.8. The molecule has 1 aliphatic carbocycles. The molecule has 0 spiro atoms. The highest BCUT2D eigenvalue weighted by atomic mass is 16.5. The van der Waals surface area contributed by atoms with E-state index in [2.05, 4.69) is 38.1 Å². The summed E-state index contributed by atoms with van der Waals surface area (Å²) < 4.78 is 6.01. The van der Waals surface area contributed by atoms with Crippen molar-refractivity contribution >= 4 is 0 Å². The molecule has 0 heterocycles. The summed E-state index contributed by atoms with van der Waals surface area (Å²) in [5.74, 6) is 0.525. The third-order valence-corrected chi connectivity index (χ3v) is 4.55. The molecule has 1 unspecified atom stereocenters. The molecule has 112 valence electrons. The second kappa shape index (κ2) is 6.73. The predicted octanol–water partition coefficient (Wildman–Crippen LogP) is 4.58. The topological polar surface area (TPSA) is 29.5 Å². The molecule has 1 saturated carbocycles. The molecule has 1 N–H and O–H groups in total. The van der Waals surface area contributed by atoms with Crippen LogP contribution in [0.1, 0.15) is 76.0 Å². The highest BCUT2D eigenvalue weighted by molar-refractivity contribution is 5.27. The van der Waals surface area contributed by atoms with Gasteiger partial charge in [-0.25, -0.2) is 0 Å². The van der Waals surface area contributed by atoms with Crippen molar-refractivity contribution in [2.24, 2.45) is 0 Å². The van der Waals surface area contributed by atoms with Crippen LogP contribution in [0.15, 0.2) is 24.3 Å². The van der Waals surface area contributed by atoms with Crippen molar-refractivity contribution in [3.05, 3.63) is 35.4 Å². The minimum atomic E-state index is -0.510. The van der Waals surface area contributed by atoms with Gasteiger partial charge in [-0.3, -0.25) is 0 Å². The van der Waals surface area contributed by atoms with Crippen molar-refractivity contribution < 1.29 is 9.84 Å². The molecule has 20 heavy (non-hydrogen) atoms. The maximum Gasteiger partial charge on any atom is 0.108 e. The smallest absolute Gasteiger partial charge is 0.108 e. The zero-order valence-corrected chi connectivity index (χ0v) is 13.1. The van der Waals surface area contributed by atoms with Crippen LogP contribution < -0.4 is 0 Å². The van der Waals surface area contributed by atoms with Crippen molar-refractivity contribution in [2.45, 2.75) is 70.5 Å². The zero-order valence-electron chi connectivity index (χ0n) is 13.1. The minimum Gasteiger partial charge on any atom is -0.385 e. The van der Waals surface area contributed by atoms with Crippen molar-refractivity contribution in [2.75, 3.05) is 6.61 Å². The first-order valence-corrected chi connectivity index (χ1v) is 8.01. The number of hydrogen-bond donors (Lipinski definition) is 1. The van der Waals surface area contributed by atoms with Crippen molar-refractivity contribution in [3.8, 4) is 0 Å². The van der Waals surface area contributed by atoms with Gasteiger partial charge in [0.25, 0.3) is 0 Å². The Bertz CT molecular complexity index is 396. The molecule has 1 aliphatic rings. The number of ether oxygens (including phenoxy) is 1. The fourth-order valence-electron chi connectivity index (χ4n) is 3.30. The molecule has 1 aromatic carbocycles. The van der Waals surface area contributed by atoms with E-state index in [-0.39, 0.29) is 5.60 Å². The summed E-state index contributed by atoms with van der Waals surface area (Å²) in [6, 6.07) is 8.39. The van der Waals surface area contributed by atoms with E-state index < -0.39 is 6.10 Å². The van der Waals surface area contributed by atoms with Crippen LogP contribution in [0.25, 0.3) is 0 Å². The van der Waals surface area contributed by atoms with Crippen LogP contribution in [0.5, 0.6) is 0 Å². The molecule has 1 atom stereocenters. The molecule has 2 heteroatoms. The highest BCUT2D eigenvalue weighted by Gasteiger charge is 2.40. The average molecular weight is 276 g/mol. The maximum absolute atomic E-state index is 10.8. The Kier molecular flexibility index (Phi) is 5.22. The molecule has 0 aliphatic heterocycles. The Morgan fingerprint density at radius 3 is 2.10 bits per heavy atom. The molecular weight excluding hydrogens is 248 g/mol. The van der Waals surface area contributed by atoms with Crippen LogP contribution in [-0.4, -0.2) is 17.3 Å². The largest absolute Gasteiger partial charge is 0.385 e. The lowest BCUT2D eigenvalue weighted by atomic mass is 9.78. The molecule has 0 aromatic heterocycles. The van der Waals surface area contributed by atoms with Crippen LogP contribution >= 0.6 is 0 Å². The summed E-state index contributed by atoms with van der Waals surface area (Å²) in [7, 11) is 0. The molecule has 2 rings (SSSR count). The van der Waals surface area contributed by atoms with E-state index in [1.165, 1.54) is 12.0 Å². The van der Waals surface area contributed by atoms with E-state index in [0.717, 1.165) is 31.2 Å². The summed E-state index contributed by atoms with van der Waals surface area (Å²) >= 11 is 0. The van der Waals surface area contributed by atoms with Gasteiger partial charge < -0.3 is 9.84 Å². The van der Waals surface area contributed by atoms with Gasteiger partial charge in [-0.2, -0.15) is 0 Å². The SMILES string of the molecule is CCOC1(C(O)c2ccc(C(C)C)cc2)CCCCC1. The van der Waals surface area contributed by atoms with Gasteiger partial charge >= 0.3 is 0 Å². The first kappa shape index (κ1) is 15.5. The van der Waals surface area contributed by atoms with Crippen molar-refractivity contribution in [1.29, 1.82) is 0 Å². The van der Waals surface area contributed by atoms with E-state index in [1.807, 2.05) is 6.92 Å². The molecular formula is C18H28O2. The summed E-state index contributed by atoms with van der Waals surface area (Å²) in [6.45, 7) is 7.06. The van der Waals surface area contributed by atoms with Gasteiger partial charge in [-0.1, -0.05) is 57.4 Å². The molecule has 0 saturated heterocycles. The van der Waals surface area contributed by atoms with E-state index in [1.54, 1.807) is 0 Å². The molecule has 1 aromatic rings. The maximum atomic E-state index is 10.8. The number of hydrogen-bond acceptors (Lipinski definition) is 2. The summed E-state index contributed by atoms with van der Waals surface area (Å²) in [4.78, 5) is 0. The molecule has 0 amide bonds. The van der Waals surface area contributed by atoms with E-state index in [0.29, 0.717) is 12.5 Å². The van der Waals surface area contributed by atoms with Crippen LogP contribution in [0.2, 0.25) is 0 Å². The lowest BCUT2D eigenvalue weighted by Gasteiger charge is -2.41. The van der Waals surface area contributed by atoms with Gasteiger partial charge in [-0.05, 0) is 36.8 Å². The van der Waals surface area contributed by atoms with E-state index >= 15 is 0 Å². The van der Waals surface area contributed by atoms with Crippen molar-refractivity contribution in [3.63, 3.8) is 0 Å². The Labute approximate surface area is 123 Å². The fourth-order valence-corrected chi connectivity index (χ4v) is 3.30. The monoisotopic (exact) mass is 276 g/mol. The second-order valence-electron chi connectivity index (χ2n) is 6.28. The van der Waals surface area contributed by atoms with Crippen LogP contribution in [0.3, 0.4) is 0 Å². The first-order chi connectivity index (χ1) is 9.59. The van der Waals surface area contributed by atoms with Crippen LogP contribution in [0.4, 0.5) is 0 Å². The molecule has 1 fully saturated rings. The number of benzene rings is 1. The van der Waals surface area contributed by atoms with Crippen LogP contribution in [0, 0.1) is 0 Å². The number of aliphatic hydroxyl groups excluding tert-OH is 1.